The van der Waals surface area contributed by atoms with E-state index in [-0.39, 0.29) is 29.1 Å². The van der Waals surface area contributed by atoms with Crippen LogP contribution in [0.1, 0.15) is 22.7 Å². The maximum absolute atomic E-state index is 12.5. The molecule has 3 rings (SSSR count). The summed E-state index contributed by atoms with van der Waals surface area (Å²) in [6.07, 6.45) is 0.439. The Labute approximate surface area is 147 Å². The Hall–Kier alpha value is -2.48. The summed E-state index contributed by atoms with van der Waals surface area (Å²) in [5.41, 5.74) is 1.17. The summed E-state index contributed by atoms with van der Waals surface area (Å²) in [5.74, 6) is 0.796. The minimum Gasteiger partial charge on any atom is -0.347 e. The van der Waals surface area contributed by atoms with Crippen molar-refractivity contribution >= 4 is 27.2 Å². The van der Waals surface area contributed by atoms with Crippen molar-refractivity contribution in [3.05, 3.63) is 47.9 Å². The molecule has 1 unspecified atom stereocenters. The van der Waals surface area contributed by atoms with E-state index in [2.05, 4.69) is 15.3 Å². The van der Waals surface area contributed by atoms with E-state index in [0.29, 0.717) is 18.1 Å². The zero-order valence-electron chi connectivity index (χ0n) is 14.1. The molecule has 1 aromatic heterocycles. The van der Waals surface area contributed by atoms with Crippen LogP contribution in [0.2, 0.25) is 0 Å². The molecule has 1 atom stereocenters. The van der Waals surface area contributed by atoms with Gasteiger partial charge in [0.25, 0.3) is 5.91 Å². The van der Waals surface area contributed by atoms with Crippen LogP contribution in [-0.2, 0) is 9.84 Å². The van der Waals surface area contributed by atoms with Gasteiger partial charge in [-0.15, -0.1) is 0 Å². The SMILES string of the molecule is Cc1nc(C(=O)NC2CCS(=O)(=O)C2)cc(N(C)c2ccccc2)n1. The van der Waals surface area contributed by atoms with Gasteiger partial charge in [0.2, 0.25) is 0 Å². The lowest BCUT2D eigenvalue weighted by atomic mass is 10.2. The van der Waals surface area contributed by atoms with Crippen molar-refractivity contribution in [1.29, 1.82) is 0 Å². The van der Waals surface area contributed by atoms with Gasteiger partial charge < -0.3 is 10.2 Å². The molecule has 1 aliphatic rings. The lowest BCUT2D eigenvalue weighted by Crippen LogP contribution is -2.36. The van der Waals surface area contributed by atoms with Crippen LogP contribution >= 0.6 is 0 Å². The van der Waals surface area contributed by atoms with Crippen molar-refractivity contribution in [2.75, 3.05) is 23.5 Å². The molecule has 0 aliphatic carbocycles. The zero-order valence-corrected chi connectivity index (χ0v) is 15.0. The molecule has 25 heavy (non-hydrogen) atoms. The van der Waals surface area contributed by atoms with Gasteiger partial charge in [0.05, 0.1) is 11.5 Å². The molecule has 7 nitrogen and oxygen atoms in total. The summed E-state index contributed by atoms with van der Waals surface area (Å²) in [4.78, 5) is 22.9. The lowest BCUT2D eigenvalue weighted by Gasteiger charge is -2.19. The maximum atomic E-state index is 12.5. The molecule has 2 heterocycles. The van der Waals surface area contributed by atoms with E-state index in [0.717, 1.165) is 5.69 Å². The third-order valence-corrected chi connectivity index (χ3v) is 5.88. The number of para-hydroxylation sites is 1. The number of rotatable bonds is 4. The summed E-state index contributed by atoms with van der Waals surface area (Å²) in [6, 6.07) is 10.9. The summed E-state index contributed by atoms with van der Waals surface area (Å²) in [6.45, 7) is 1.72. The number of nitrogens with zero attached hydrogens (tertiary/aromatic N) is 3. The van der Waals surface area contributed by atoms with Crippen molar-refractivity contribution in [3.8, 4) is 0 Å². The number of anilines is 2. The zero-order chi connectivity index (χ0) is 18.0. The Kier molecular flexibility index (Phi) is 4.71. The van der Waals surface area contributed by atoms with Gasteiger partial charge in [0.1, 0.15) is 17.3 Å². The van der Waals surface area contributed by atoms with Crippen molar-refractivity contribution < 1.29 is 13.2 Å². The molecule has 0 spiro atoms. The van der Waals surface area contributed by atoms with E-state index in [1.807, 2.05) is 42.3 Å². The quantitative estimate of drug-likeness (QED) is 0.888. The van der Waals surface area contributed by atoms with Crippen LogP contribution in [0, 0.1) is 6.92 Å². The van der Waals surface area contributed by atoms with Crippen LogP contribution in [0.15, 0.2) is 36.4 Å². The Balaban J connectivity index is 1.80. The second-order valence-corrected chi connectivity index (χ2v) is 8.36. The van der Waals surface area contributed by atoms with E-state index in [1.165, 1.54) is 0 Å². The van der Waals surface area contributed by atoms with E-state index in [9.17, 15) is 13.2 Å². The van der Waals surface area contributed by atoms with E-state index in [1.54, 1.807) is 13.0 Å². The Morgan fingerprint density at radius 2 is 1.96 bits per heavy atom. The molecular formula is C17H20N4O3S. The van der Waals surface area contributed by atoms with E-state index >= 15 is 0 Å². The number of hydrogen-bond donors (Lipinski definition) is 1. The highest BCUT2D eigenvalue weighted by Gasteiger charge is 2.29. The molecule has 1 saturated heterocycles. The first kappa shape index (κ1) is 17.3. The molecule has 1 amide bonds. The summed E-state index contributed by atoms with van der Waals surface area (Å²) in [5, 5.41) is 2.76. The standard InChI is InChI=1S/C17H20N4O3S/c1-12-18-15(17(22)20-13-8-9-25(23,24)11-13)10-16(19-12)21(2)14-6-4-3-5-7-14/h3-7,10,13H,8-9,11H2,1-2H3,(H,20,22). The molecule has 0 radical (unpaired) electrons. The fourth-order valence-electron chi connectivity index (χ4n) is 2.79. The van der Waals surface area contributed by atoms with Crippen LogP contribution in [-0.4, -0.2) is 48.9 Å². The van der Waals surface area contributed by atoms with Crippen LogP contribution in [0.5, 0.6) is 0 Å². The fourth-order valence-corrected chi connectivity index (χ4v) is 4.47. The van der Waals surface area contributed by atoms with Crippen LogP contribution in [0.4, 0.5) is 11.5 Å². The number of amides is 1. The molecule has 132 valence electrons. The summed E-state index contributed by atoms with van der Waals surface area (Å²) >= 11 is 0. The molecule has 0 bridgehead atoms. The van der Waals surface area contributed by atoms with E-state index in [4.69, 9.17) is 0 Å². The monoisotopic (exact) mass is 360 g/mol. The third-order valence-electron chi connectivity index (χ3n) is 4.11. The smallest absolute Gasteiger partial charge is 0.270 e. The van der Waals surface area contributed by atoms with Crippen molar-refractivity contribution in [2.24, 2.45) is 0 Å². The second-order valence-electron chi connectivity index (χ2n) is 6.13. The first-order valence-corrected chi connectivity index (χ1v) is 9.82. The molecule has 1 fully saturated rings. The number of sulfone groups is 1. The first-order valence-electron chi connectivity index (χ1n) is 8.00. The Morgan fingerprint density at radius 3 is 2.60 bits per heavy atom. The number of aryl methyl sites for hydroxylation is 1. The van der Waals surface area contributed by atoms with Gasteiger partial charge in [-0.3, -0.25) is 4.79 Å². The third kappa shape index (κ3) is 4.14. The van der Waals surface area contributed by atoms with Crippen molar-refractivity contribution in [2.45, 2.75) is 19.4 Å². The molecule has 0 saturated carbocycles. The Morgan fingerprint density at radius 1 is 1.24 bits per heavy atom. The van der Waals surface area contributed by atoms with Gasteiger partial charge >= 0.3 is 0 Å². The summed E-state index contributed by atoms with van der Waals surface area (Å²) < 4.78 is 23.1. The largest absolute Gasteiger partial charge is 0.347 e. The van der Waals surface area contributed by atoms with Crippen LogP contribution in [0.3, 0.4) is 0 Å². The number of carbonyl (C=O) groups is 1. The number of hydrogen-bond acceptors (Lipinski definition) is 6. The molecule has 1 aliphatic heterocycles. The molecular weight excluding hydrogens is 340 g/mol. The van der Waals surface area contributed by atoms with Crippen LogP contribution in [0.25, 0.3) is 0 Å². The highest BCUT2D eigenvalue weighted by atomic mass is 32.2. The average molecular weight is 360 g/mol. The van der Waals surface area contributed by atoms with Crippen molar-refractivity contribution in [1.82, 2.24) is 15.3 Å². The number of aromatic nitrogens is 2. The molecule has 1 N–H and O–H groups in total. The predicted molar refractivity (Wildman–Crippen MR) is 95.8 cm³/mol. The Bertz CT molecular complexity index is 884. The van der Waals surface area contributed by atoms with Crippen LogP contribution < -0.4 is 10.2 Å². The first-order chi connectivity index (χ1) is 11.8. The summed E-state index contributed by atoms with van der Waals surface area (Å²) in [7, 11) is -1.18. The number of nitrogens with one attached hydrogen (secondary N) is 1. The topological polar surface area (TPSA) is 92.3 Å². The number of benzene rings is 1. The highest BCUT2D eigenvalue weighted by Crippen LogP contribution is 2.22. The van der Waals surface area contributed by atoms with Gasteiger partial charge in [0, 0.05) is 24.8 Å². The van der Waals surface area contributed by atoms with Gasteiger partial charge in [0.15, 0.2) is 9.84 Å². The molecule has 8 heteroatoms. The van der Waals surface area contributed by atoms with Crippen molar-refractivity contribution in [3.63, 3.8) is 0 Å². The fraction of sp³-hybridized carbons (Fsp3) is 0.353. The number of carbonyl (C=O) groups excluding carboxylic acids is 1. The average Bonchev–Trinajstić information content (AvgIpc) is 2.93. The van der Waals surface area contributed by atoms with Gasteiger partial charge in [-0.2, -0.15) is 0 Å². The minimum atomic E-state index is -3.04. The molecule has 2 aromatic rings. The normalized spacial score (nSPS) is 18.7. The van der Waals surface area contributed by atoms with E-state index < -0.39 is 9.84 Å². The van der Waals surface area contributed by atoms with Gasteiger partial charge in [-0.1, -0.05) is 18.2 Å². The maximum Gasteiger partial charge on any atom is 0.270 e. The second kappa shape index (κ2) is 6.79. The minimum absolute atomic E-state index is 0.0143. The molecule has 1 aromatic carbocycles. The highest BCUT2D eigenvalue weighted by molar-refractivity contribution is 7.91. The van der Waals surface area contributed by atoms with Gasteiger partial charge in [-0.25, -0.2) is 18.4 Å². The predicted octanol–water partition coefficient (Wildman–Crippen LogP) is 1.47. The van der Waals surface area contributed by atoms with Gasteiger partial charge in [-0.05, 0) is 25.5 Å². The lowest BCUT2D eigenvalue weighted by molar-refractivity contribution is 0.0935.